The Hall–Kier alpha value is -2.43. The number of nitrogens with two attached hydrogens (primary N) is 1. The van der Waals surface area contributed by atoms with Gasteiger partial charge in [-0.1, -0.05) is 35.3 Å². The summed E-state index contributed by atoms with van der Waals surface area (Å²) in [5.41, 5.74) is 7.38. The van der Waals surface area contributed by atoms with Gasteiger partial charge in [-0.05, 0) is 42.5 Å². The standard InChI is InChI=1S/C17H12Cl2N2O2/c18-10-5-6-14(13(20)9-10)21-17(22)16-8-7-15(23-16)11-3-1-2-4-12(11)19/h1-9H,20H2,(H,21,22). The SMILES string of the molecule is Nc1cc(Cl)ccc1NC(=O)c1ccc(-c2ccccc2Cl)o1. The molecule has 1 aromatic heterocycles. The summed E-state index contributed by atoms with van der Waals surface area (Å²) < 4.78 is 5.58. The predicted octanol–water partition coefficient (Wildman–Crippen LogP) is 5.09. The Labute approximate surface area is 142 Å². The van der Waals surface area contributed by atoms with Gasteiger partial charge < -0.3 is 15.5 Å². The summed E-state index contributed by atoms with van der Waals surface area (Å²) in [6.07, 6.45) is 0. The first-order chi connectivity index (χ1) is 11.0. The lowest BCUT2D eigenvalue weighted by Gasteiger charge is -2.07. The molecule has 1 heterocycles. The quantitative estimate of drug-likeness (QED) is 0.649. The fourth-order valence-corrected chi connectivity index (χ4v) is 2.51. The van der Waals surface area contributed by atoms with Gasteiger partial charge in [0.1, 0.15) is 5.76 Å². The maximum absolute atomic E-state index is 12.3. The van der Waals surface area contributed by atoms with Gasteiger partial charge >= 0.3 is 0 Å². The maximum atomic E-state index is 12.3. The summed E-state index contributed by atoms with van der Waals surface area (Å²) in [6.45, 7) is 0. The number of benzene rings is 2. The minimum atomic E-state index is -0.405. The smallest absolute Gasteiger partial charge is 0.291 e. The lowest BCUT2D eigenvalue weighted by atomic mass is 10.2. The van der Waals surface area contributed by atoms with Crippen molar-refractivity contribution < 1.29 is 9.21 Å². The van der Waals surface area contributed by atoms with Gasteiger partial charge in [-0.15, -0.1) is 0 Å². The Morgan fingerprint density at radius 3 is 2.57 bits per heavy atom. The monoisotopic (exact) mass is 346 g/mol. The number of halogens is 2. The van der Waals surface area contributed by atoms with E-state index in [-0.39, 0.29) is 5.76 Å². The zero-order valence-corrected chi connectivity index (χ0v) is 13.4. The minimum Gasteiger partial charge on any atom is -0.451 e. The van der Waals surface area contributed by atoms with Gasteiger partial charge in [0.25, 0.3) is 5.91 Å². The molecule has 0 radical (unpaired) electrons. The van der Waals surface area contributed by atoms with Crippen molar-refractivity contribution in [2.75, 3.05) is 11.1 Å². The number of carbonyl (C=O) groups excluding carboxylic acids is 1. The molecule has 3 N–H and O–H groups in total. The molecule has 116 valence electrons. The van der Waals surface area contributed by atoms with Crippen molar-refractivity contribution in [2.24, 2.45) is 0 Å². The van der Waals surface area contributed by atoms with E-state index >= 15 is 0 Å². The zero-order chi connectivity index (χ0) is 16.4. The second kappa shape index (κ2) is 6.36. The molecule has 1 amide bonds. The van der Waals surface area contributed by atoms with E-state index in [4.69, 9.17) is 33.4 Å². The van der Waals surface area contributed by atoms with Gasteiger partial charge in [0, 0.05) is 10.6 Å². The van der Waals surface area contributed by atoms with Crippen LogP contribution in [-0.2, 0) is 0 Å². The number of nitrogens with one attached hydrogen (secondary N) is 1. The summed E-state index contributed by atoms with van der Waals surface area (Å²) in [7, 11) is 0. The van der Waals surface area contributed by atoms with E-state index in [1.54, 1.807) is 36.4 Å². The first kappa shape index (κ1) is 15.5. The van der Waals surface area contributed by atoms with Crippen molar-refractivity contribution in [3.8, 4) is 11.3 Å². The Kier molecular flexibility index (Phi) is 4.28. The molecule has 0 saturated heterocycles. The van der Waals surface area contributed by atoms with Crippen LogP contribution in [0.2, 0.25) is 10.0 Å². The van der Waals surface area contributed by atoms with Gasteiger partial charge in [0.15, 0.2) is 5.76 Å². The van der Waals surface area contributed by atoms with E-state index in [0.29, 0.717) is 27.2 Å². The maximum Gasteiger partial charge on any atom is 0.291 e. The van der Waals surface area contributed by atoms with Crippen LogP contribution in [0.3, 0.4) is 0 Å². The van der Waals surface area contributed by atoms with Crippen molar-refractivity contribution in [1.29, 1.82) is 0 Å². The van der Waals surface area contributed by atoms with E-state index < -0.39 is 5.91 Å². The normalized spacial score (nSPS) is 10.5. The second-order valence-electron chi connectivity index (χ2n) is 4.83. The van der Waals surface area contributed by atoms with E-state index in [0.717, 1.165) is 5.56 Å². The molecular formula is C17H12Cl2N2O2. The van der Waals surface area contributed by atoms with Gasteiger partial charge in [-0.25, -0.2) is 0 Å². The third-order valence-corrected chi connectivity index (χ3v) is 3.80. The van der Waals surface area contributed by atoms with Crippen LogP contribution in [-0.4, -0.2) is 5.91 Å². The molecule has 2 aromatic carbocycles. The van der Waals surface area contributed by atoms with Crippen molar-refractivity contribution in [3.05, 3.63) is 70.4 Å². The number of nitrogen functional groups attached to an aromatic ring is 1. The van der Waals surface area contributed by atoms with Gasteiger partial charge in [0.2, 0.25) is 0 Å². The van der Waals surface area contributed by atoms with Crippen LogP contribution < -0.4 is 11.1 Å². The highest BCUT2D eigenvalue weighted by molar-refractivity contribution is 6.33. The van der Waals surface area contributed by atoms with Crippen LogP contribution in [0.1, 0.15) is 10.6 Å². The largest absolute Gasteiger partial charge is 0.451 e. The highest BCUT2D eigenvalue weighted by atomic mass is 35.5. The summed E-state index contributed by atoms with van der Waals surface area (Å²) in [5.74, 6) is 0.274. The Balaban J connectivity index is 1.83. The second-order valence-corrected chi connectivity index (χ2v) is 5.67. The van der Waals surface area contributed by atoms with Gasteiger partial charge in [0.05, 0.1) is 16.4 Å². The lowest BCUT2D eigenvalue weighted by molar-refractivity contribution is 0.0997. The molecule has 0 saturated carbocycles. The highest BCUT2D eigenvalue weighted by Crippen LogP contribution is 2.29. The summed E-state index contributed by atoms with van der Waals surface area (Å²) >= 11 is 12.0. The van der Waals surface area contributed by atoms with Crippen molar-refractivity contribution in [2.45, 2.75) is 0 Å². The summed E-state index contributed by atoms with van der Waals surface area (Å²) in [6, 6.07) is 15.4. The molecule has 0 fully saturated rings. The molecule has 0 aliphatic heterocycles. The molecule has 3 aromatic rings. The average molecular weight is 347 g/mol. The third-order valence-electron chi connectivity index (χ3n) is 3.23. The summed E-state index contributed by atoms with van der Waals surface area (Å²) in [5, 5.41) is 3.73. The lowest BCUT2D eigenvalue weighted by Crippen LogP contribution is -2.12. The van der Waals surface area contributed by atoms with Gasteiger partial charge in [-0.2, -0.15) is 0 Å². The Morgan fingerprint density at radius 1 is 1.04 bits per heavy atom. The number of rotatable bonds is 3. The average Bonchev–Trinajstić information content (AvgIpc) is 3.00. The predicted molar refractivity (Wildman–Crippen MR) is 93.0 cm³/mol. The zero-order valence-electron chi connectivity index (χ0n) is 11.8. The number of hydrogen-bond acceptors (Lipinski definition) is 3. The van der Waals surface area contributed by atoms with Crippen LogP contribution in [0.5, 0.6) is 0 Å². The molecule has 6 heteroatoms. The van der Waals surface area contributed by atoms with Crippen molar-refractivity contribution in [3.63, 3.8) is 0 Å². The molecule has 0 unspecified atom stereocenters. The molecule has 0 aliphatic carbocycles. The third kappa shape index (κ3) is 3.33. The van der Waals surface area contributed by atoms with Crippen LogP contribution in [0.4, 0.5) is 11.4 Å². The minimum absolute atomic E-state index is 0.161. The Bertz CT molecular complexity index is 875. The fourth-order valence-electron chi connectivity index (χ4n) is 2.10. The van der Waals surface area contributed by atoms with Crippen LogP contribution >= 0.6 is 23.2 Å². The van der Waals surface area contributed by atoms with E-state index in [2.05, 4.69) is 5.32 Å². The van der Waals surface area contributed by atoms with Crippen LogP contribution in [0.15, 0.2) is 59.0 Å². The highest BCUT2D eigenvalue weighted by Gasteiger charge is 2.15. The molecule has 4 nitrogen and oxygen atoms in total. The molecule has 3 rings (SSSR count). The molecule has 0 aliphatic rings. The number of furan rings is 1. The van der Waals surface area contributed by atoms with E-state index in [1.807, 2.05) is 18.2 Å². The first-order valence-electron chi connectivity index (χ1n) is 6.76. The molecule has 0 spiro atoms. The molecular weight excluding hydrogens is 335 g/mol. The number of amides is 1. The van der Waals surface area contributed by atoms with Crippen LogP contribution in [0, 0.1) is 0 Å². The molecule has 23 heavy (non-hydrogen) atoms. The van der Waals surface area contributed by atoms with Crippen molar-refractivity contribution >= 4 is 40.5 Å². The fraction of sp³-hybridized carbons (Fsp3) is 0. The molecule has 0 atom stereocenters. The number of hydrogen-bond donors (Lipinski definition) is 2. The van der Waals surface area contributed by atoms with E-state index in [9.17, 15) is 4.79 Å². The first-order valence-corrected chi connectivity index (χ1v) is 7.51. The Morgan fingerprint density at radius 2 is 1.83 bits per heavy atom. The van der Waals surface area contributed by atoms with Crippen molar-refractivity contribution in [1.82, 2.24) is 0 Å². The molecule has 0 bridgehead atoms. The summed E-state index contributed by atoms with van der Waals surface area (Å²) in [4.78, 5) is 12.3. The number of carbonyl (C=O) groups is 1. The van der Waals surface area contributed by atoms with E-state index in [1.165, 1.54) is 0 Å². The number of anilines is 2. The topological polar surface area (TPSA) is 68.3 Å². The van der Waals surface area contributed by atoms with Gasteiger partial charge in [-0.3, -0.25) is 4.79 Å². The van der Waals surface area contributed by atoms with Crippen LogP contribution in [0.25, 0.3) is 11.3 Å².